The molecule has 1 aliphatic heterocycles. The van der Waals surface area contributed by atoms with Gasteiger partial charge in [-0.15, -0.1) is 0 Å². The van der Waals surface area contributed by atoms with E-state index in [1.807, 2.05) is 0 Å². The molecule has 1 saturated heterocycles. The van der Waals surface area contributed by atoms with Crippen LogP contribution in [0.5, 0.6) is 5.75 Å². The molecule has 6 heteroatoms. The molecule has 0 bridgehead atoms. The summed E-state index contributed by atoms with van der Waals surface area (Å²) < 4.78 is 4.92. The average molecular weight is 249 g/mol. The highest BCUT2D eigenvalue weighted by Gasteiger charge is 2.33. The molecule has 0 aromatic heterocycles. The summed E-state index contributed by atoms with van der Waals surface area (Å²) in [6.07, 6.45) is 0.230. The van der Waals surface area contributed by atoms with Gasteiger partial charge in [-0.25, -0.2) is 9.69 Å². The smallest absolute Gasteiger partial charge is 0.337 e. The van der Waals surface area contributed by atoms with E-state index in [-0.39, 0.29) is 35.9 Å². The molecular weight excluding hydrogens is 238 g/mol. The van der Waals surface area contributed by atoms with Gasteiger partial charge in [0.15, 0.2) is 0 Å². The Kier molecular flexibility index (Phi) is 3.01. The van der Waals surface area contributed by atoms with Crippen molar-refractivity contribution in [3.8, 4) is 5.75 Å². The number of carboxylic acid groups (broad SMARTS) is 1. The quantitative estimate of drug-likeness (QED) is 0.809. The van der Waals surface area contributed by atoms with E-state index >= 15 is 0 Å². The second-order valence-electron chi connectivity index (χ2n) is 3.81. The van der Waals surface area contributed by atoms with Gasteiger partial charge in [0.05, 0.1) is 18.4 Å². The Hall–Kier alpha value is -2.37. The van der Waals surface area contributed by atoms with Crippen molar-refractivity contribution in [1.82, 2.24) is 0 Å². The summed E-state index contributed by atoms with van der Waals surface area (Å²) in [4.78, 5) is 35.3. The summed E-state index contributed by atoms with van der Waals surface area (Å²) in [6.45, 7) is 0. The van der Waals surface area contributed by atoms with Crippen LogP contribution in [0.25, 0.3) is 0 Å². The Morgan fingerprint density at radius 1 is 1.28 bits per heavy atom. The SMILES string of the molecule is COc1ccc(N2C(=O)CCC2=O)c(C(=O)O)c1. The Labute approximate surface area is 103 Å². The summed E-state index contributed by atoms with van der Waals surface area (Å²) in [6, 6.07) is 4.21. The first-order valence-electron chi connectivity index (χ1n) is 5.31. The Morgan fingerprint density at radius 2 is 1.89 bits per heavy atom. The van der Waals surface area contributed by atoms with Crippen LogP contribution in [0.1, 0.15) is 23.2 Å². The number of methoxy groups -OCH3 is 1. The molecular formula is C12H11NO5. The van der Waals surface area contributed by atoms with Crippen molar-refractivity contribution in [1.29, 1.82) is 0 Å². The molecule has 0 saturated carbocycles. The van der Waals surface area contributed by atoms with Gasteiger partial charge < -0.3 is 9.84 Å². The molecule has 0 spiro atoms. The van der Waals surface area contributed by atoms with E-state index in [0.29, 0.717) is 5.75 Å². The number of imide groups is 1. The summed E-state index contributed by atoms with van der Waals surface area (Å²) in [5.41, 5.74) is -0.0336. The van der Waals surface area contributed by atoms with Gasteiger partial charge in [0, 0.05) is 12.8 Å². The molecule has 1 aromatic carbocycles. The first-order chi connectivity index (χ1) is 8.54. The lowest BCUT2D eigenvalue weighted by atomic mass is 10.1. The van der Waals surface area contributed by atoms with Crippen LogP contribution >= 0.6 is 0 Å². The minimum absolute atomic E-state index is 0.0933. The number of ether oxygens (including phenoxy) is 1. The van der Waals surface area contributed by atoms with E-state index in [2.05, 4.69) is 0 Å². The van der Waals surface area contributed by atoms with Crippen LogP contribution < -0.4 is 9.64 Å². The molecule has 1 fully saturated rings. The lowest BCUT2D eigenvalue weighted by Gasteiger charge is -2.16. The highest BCUT2D eigenvalue weighted by atomic mass is 16.5. The number of hydrogen-bond acceptors (Lipinski definition) is 4. The molecule has 2 rings (SSSR count). The third-order valence-electron chi connectivity index (χ3n) is 2.73. The van der Waals surface area contributed by atoms with Crippen LogP contribution in [0.15, 0.2) is 18.2 Å². The maximum absolute atomic E-state index is 11.6. The lowest BCUT2D eigenvalue weighted by Crippen LogP contribution is -2.30. The van der Waals surface area contributed by atoms with Crippen LogP contribution in [-0.4, -0.2) is 30.0 Å². The molecule has 2 amide bonds. The molecule has 1 aliphatic rings. The fraction of sp³-hybridized carbons (Fsp3) is 0.250. The zero-order valence-corrected chi connectivity index (χ0v) is 9.67. The number of carbonyl (C=O) groups excluding carboxylic acids is 2. The van der Waals surface area contributed by atoms with Gasteiger partial charge in [0.25, 0.3) is 0 Å². The molecule has 6 nitrogen and oxygen atoms in total. The van der Waals surface area contributed by atoms with E-state index in [4.69, 9.17) is 9.84 Å². The minimum Gasteiger partial charge on any atom is -0.497 e. The number of carbonyl (C=O) groups is 3. The van der Waals surface area contributed by atoms with Gasteiger partial charge in [-0.3, -0.25) is 9.59 Å². The molecule has 0 atom stereocenters. The van der Waals surface area contributed by atoms with Gasteiger partial charge in [0.2, 0.25) is 11.8 Å². The molecule has 94 valence electrons. The average Bonchev–Trinajstić information content (AvgIpc) is 2.68. The maximum Gasteiger partial charge on any atom is 0.337 e. The number of aromatic carboxylic acids is 1. The molecule has 0 unspecified atom stereocenters. The van der Waals surface area contributed by atoms with E-state index in [1.54, 1.807) is 0 Å². The van der Waals surface area contributed by atoms with Crippen LogP contribution in [-0.2, 0) is 9.59 Å². The highest BCUT2D eigenvalue weighted by Crippen LogP contribution is 2.29. The fourth-order valence-corrected chi connectivity index (χ4v) is 1.85. The Bertz CT molecular complexity index is 521. The monoisotopic (exact) mass is 249 g/mol. The van der Waals surface area contributed by atoms with Crippen molar-refractivity contribution in [2.24, 2.45) is 0 Å². The van der Waals surface area contributed by atoms with Gasteiger partial charge in [-0.05, 0) is 18.2 Å². The van der Waals surface area contributed by atoms with Gasteiger partial charge in [-0.2, -0.15) is 0 Å². The number of benzene rings is 1. The summed E-state index contributed by atoms with van der Waals surface area (Å²) in [7, 11) is 1.41. The Balaban J connectivity index is 2.53. The van der Waals surface area contributed by atoms with Crippen LogP contribution in [0.2, 0.25) is 0 Å². The van der Waals surface area contributed by atoms with Crippen molar-refractivity contribution in [2.45, 2.75) is 12.8 Å². The summed E-state index contributed by atoms with van der Waals surface area (Å²) >= 11 is 0. The van der Waals surface area contributed by atoms with E-state index in [1.165, 1.54) is 25.3 Å². The third-order valence-corrected chi connectivity index (χ3v) is 2.73. The molecule has 1 heterocycles. The molecule has 1 N–H and O–H groups in total. The fourth-order valence-electron chi connectivity index (χ4n) is 1.85. The predicted molar refractivity (Wildman–Crippen MR) is 61.7 cm³/mol. The van der Waals surface area contributed by atoms with Gasteiger partial charge in [0.1, 0.15) is 5.75 Å². The molecule has 0 radical (unpaired) electrons. The third kappa shape index (κ3) is 1.92. The van der Waals surface area contributed by atoms with E-state index in [0.717, 1.165) is 4.90 Å². The van der Waals surface area contributed by atoms with Crippen molar-refractivity contribution >= 4 is 23.5 Å². The van der Waals surface area contributed by atoms with Crippen molar-refractivity contribution < 1.29 is 24.2 Å². The number of carboxylic acids is 1. The van der Waals surface area contributed by atoms with Crippen molar-refractivity contribution in [3.05, 3.63) is 23.8 Å². The van der Waals surface area contributed by atoms with Crippen LogP contribution in [0.4, 0.5) is 5.69 Å². The number of nitrogens with zero attached hydrogens (tertiary/aromatic N) is 1. The topological polar surface area (TPSA) is 83.9 Å². The van der Waals surface area contributed by atoms with Crippen LogP contribution in [0.3, 0.4) is 0 Å². The first kappa shape index (κ1) is 12.1. The number of hydrogen-bond donors (Lipinski definition) is 1. The summed E-state index contributed by atoms with van der Waals surface area (Å²) in [5, 5.41) is 9.11. The largest absolute Gasteiger partial charge is 0.497 e. The lowest BCUT2D eigenvalue weighted by molar-refractivity contribution is -0.121. The molecule has 1 aromatic rings. The molecule has 0 aliphatic carbocycles. The zero-order valence-electron chi connectivity index (χ0n) is 9.67. The standard InChI is InChI=1S/C12H11NO5/c1-18-7-2-3-9(8(6-7)12(16)17)13-10(14)4-5-11(13)15/h2-3,6H,4-5H2,1H3,(H,16,17). The number of anilines is 1. The van der Waals surface area contributed by atoms with Crippen molar-refractivity contribution in [2.75, 3.05) is 12.0 Å². The molecule has 18 heavy (non-hydrogen) atoms. The number of amides is 2. The Morgan fingerprint density at radius 3 is 2.39 bits per heavy atom. The van der Waals surface area contributed by atoms with Crippen LogP contribution in [0, 0.1) is 0 Å². The second-order valence-corrected chi connectivity index (χ2v) is 3.81. The minimum atomic E-state index is -1.21. The normalized spacial score (nSPS) is 15.1. The predicted octanol–water partition coefficient (Wildman–Crippen LogP) is 1.05. The zero-order chi connectivity index (χ0) is 13.3. The second kappa shape index (κ2) is 4.48. The van der Waals surface area contributed by atoms with Gasteiger partial charge in [-0.1, -0.05) is 0 Å². The highest BCUT2D eigenvalue weighted by molar-refractivity contribution is 6.21. The van der Waals surface area contributed by atoms with Crippen molar-refractivity contribution in [3.63, 3.8) is 0 Å². The van der Waals surface area contributed by atoms with E-state index in [9.17, 15) is 14.4 Å². The van der Waals surface area contributed by atoms with E-state index < -0.39 is 5.97 Å². The first-order valence-corrected chi connectivity index (χ1v) is 5.31. The number of rotatable bonds is 3. The maximum atomic E-state index is 11.6. The van der Waals surface area contributed by atoms with Gasteiger partial charge >= 0.3 is 5.97 Å². The summed E-state index contributed by atoms with van der Waals surface area (Å²) in [5.74, 6) is -1.62.